The first kappa shape index (κ1) is 18.2. The zero-order valence-electron chi connectivity index (χ0n) is 14.6. The van der Waals surface area contributed by atoms with Crippen molar-refractivity contribution in [2.75, 3.05) is 25.0 Å². The molecule has 2 N–H and O–H groups in total. The minimum Gasteiger partial charge on any atom is -0.483 e. The fourth-order valence-electron chi connectivity index (χ4n) is 2.63. The summed E-state index contributed by atoms with van der Waals surface area (Å²) in [4.78, 5) is 22.1. The van der Waals surface area contributed by atoms with E-state index in [0.29, 0.717) is 18.8 Å². The molecule has 138 valence electrons. The van der Waals surface area contributed by atoms with Crippen LogP contribution in [0.4, 0.5) is 11.4 Å². The number of nitrogens with one attached hydrogen (secondary N) is 2. The van der Waals surface area contributed by atoms with Gasteiger partial charge in [-0.05, 0) is 23.6 Å². The summed E-state index contributed by atoms with van der Waals surface area (Å²) >= 11 is 0. The minimum atomic E-state index is -0.444. The number of carbonyl (C=O) groups is 1. The van der Waals surface area contributed by atoms with E-state index in [9.17, 15) is 14.9 Å². The molecule has 3 aromatic carbocycles. The van der Waals surface area contributed by atoms with E-state index < -0.39 is 4.92 Å². The third-order valence-corrected chi connectivity index (χ3v) is 3.96. The molecule has 1 amide bonds. The van der Waals surface area contributed by atoms with E-state index in [1.165, 1.54) is 12.1 Å². The molecule has 0 aromatic heterocycles. The number of non-ortho nitro benzene ring substituents is 1. The number of carbonyl (C=O) groups excluding carboxylic acids is 1. The second-order valence-corrected chi connectivity index (χ2v) is 5.85. The third kappa shape index (κ3) is 4.94. The molecule has 0 bridgehead atoms. The van der Waals surface area contributed by atoms with Gasteiger partial charge in [0.05, 0.1) is 4.92 Å². The summed E-state index contributed by atoms with van der Waals surface area (Å²) in [5.74, 6) is 0.459. The van der Waals surface area contributed by atoms with Crippen molar-refractivity contribution in [1.82, 2.24) is 5.32 Å². The van der Waals surface area contributed by atoms with Gasteiger partial charge < -0.3 is 15.4 Å². The Balaban J connectivity index is 1.41. The van der Waals surface area contributed by atoms with Crippen molar-refractivity contribution >= 4 is 28.1 Å². The Bertz CT molecular complexity index is 936. The molecule has 3 aromatic rings. The van der Waals surface area contributed by atoms with Crippen LogP contribution in [0.15, 0.2) is 66.7 Å². The van der Waals surface area contributed by atoms with Crippen LogP contribution in [0, 0.1) is 10.1 Å². The number of hydrogen-bond donors (Lipinski definition) is 2. The van der Waals surface area contributed by atoms with Crippen LogP contribution >= 0.6 is 0 Å². The maximum Gasteiger partial charge on any atom is 0.269 e. The Labute approximate surface area is 156 Å². The summed E-state index contributed by atoms with van der Waals surface area (Å²) < 4.78 is 5.64. The zero-order chi connectivity index (χ0) is 19.1. The molecule has 0 fully saturated rings. The van der Waals surface area contributed by atoms with Crippen molar-refractivity contribution in [3.05, 3.63) is 76.8 Å². The predicted molar refractivity (Wildman–Crippen MR) is 104 cm³/mol. The molecule has 0 saturated carbocycles. The Hall–Kier alpha value is -3.61. The molecule has 0 unspecified atom stereocenters. The van der Waals surface area contributed by atoms with Crippen LogP contribution < -0.4 is 15.4 Å². The number of nitrogens with zero attached hydrogens (tertiary/aromatic N) is 1. The standard InChI is InChI=1S/C20H19N3O4/c24-20(14-27-19-7-3-5-15-4-1-2-6-18(15)19)22-13-12-21-16-8-10-17(11-9-16)23(25)26/h1-11,21H,12-14H2,(H,22,24). The fraction of sp³-hybridized carbons (Fsp3) is 0.150. The normalized spacial score (nSPS) is 10.4. The van der Waals surface area contributed by atoms with Gasteiger partial charge in [-0.15, -0.1) is 0 Å². The Morgan fingerprint density at radius 2 is 1.70 bits per heavy atom. The van der Waals surface area contributed by atoms with E-state index in [1.807, 2.05) is 42.5 Å². The molecule has 0 saturated heterocycles. The lowest BCUT2D eigenvalue weighted by Gasteiger charge is -2.10. The van der Waals surface area contributed by atoms with Crippen molar-refractivity contribution in [2.45, 2.75) is 0 Å². The highest BCUT2D eigenvalue weighted by Crippen LogP contribution is 2.24. The van der Waals surface area contributed by atoms with E-state index in [1.54, 1.807) is 12.1 Å². The topological polar surface area (TPSA) is 93.5 Å². The number of benzene rings is 3. The monoisotopic (exact) mass is 365 g/mol. The average Bonchev–Trinajstić information content (AvgIpc) is 2.70. The lowest BCUT2D eigenvalue weighted by Crippen LogP contribution is -2.32. The fourth-order valence-corrected chi connectivity index (χ4v) is 2.63. The van der Waals surface area contributed by atoms with Crippen molar-refractivity contribution in [3.8, 4) is 5.75 Å². The van der Waals surface area contributed by atoms with Gasteiger partial charge in [0.25, 0.3) is 11.6 Å². The number of amides is 1. The van der Waals surface area contributed by atoms with Gasteiger partial charge in [-0.25, -0.2) is 0 Å². The first-order valence-corrected chi connectivity index (χ1v) is 8.49. The second-order valence-electron chi connectivity index (χ2n) is 5.85. The van der Waals surface area contributed by atoms with E-state index in [2.05, 4.69) is 10.6 Å². The molecule has 0 aliphatic rings. The first-order valence-electron chi connectivity index (χ1n) is 8.49. The van der Waals surface area contributed by atoms with Crippen molar-refractivity contribution in [3.63, 3.8) is 0 Å². The van der Waals surface area contributed by atoms with Gasteiger partial charge in [-0.1, -0.05) is 36.4 Å². The highest BCUT2D eigenvalue weighted by Gasteiger charge is 2.06. The molecule has 3 rings (SSSR count). The first-order chi connectivity index (χ1) is 13.1. The Kier molecular flexibility index (Phi) is 5.84. The molecule has 27 heavy (non-hydrogen) atoms. The summed E-state index contributed by atoms with van der Waals surface area (Å²) in [6.07, 6.45) is 0. The molecule has 0 spiro atoms. The quantitative estimate of drug-likeness (QED) is 0.363. The molecule has 0 aliphatic carbocycles. The molecule has 0 atom stereocenters. The van der Waals surface area contributed by atoms with Crippen molar-refractivity contribution in [1.29, 1.82) is 0 Å². The number of rotatable bonds is 8. The van der Waals surface area contributed by atoms with Crippen LogP contribution in [-0.4, -0.2) is 30.5 Å². The smallest absolute Gasteiger partial charge is 0.269 e. The maximum atomic E-state index is 11.9. The summed E-state index contributed by atoms with van der Waals surface area (Å²) in [6, 6.07) is 19.7. The number of ether oxygens (including phenoxy) is 1. The summed E-state index contributed by atoms with van der Waals surface area (Å²) in [6.45, 7) is 0.845. The van der Waals surface area contributed by atoms with E-state index in [0.717, 1.165) is 16.5 Å². The summed E-state index contributed by atoms with van der Waals surface area (Å²) in [7, 11) is 0. The summed E-state index contributed by atoms with van der Waals surface area (Å²) in [5, 5.41) is 18.5. The maximum absolute atomic E-state index is 11.9. The molecular weight excluding hydrogens is 346 g/mol. The number of nitro groups is 1. The largest absolute Gasteiger partial charge is 0.483 e. The van der Waals surface area contributed by atoms with Gasteiger partial charge in [-0.2, -0.15) is 0 Å². The lowest BCUT2D eigenvalue weighted by atomic mass is 10.1. The Morgan fingerprint density at radius 3 is 2.48 bits per heavy atom. The van der Waals surface area contributed by atoms with E-state index >= 15 is 0 Å². The number of nitro benzene ring substituents is 1. The molecule has 7 heteroatoms. The molecular formula is C20H19N3O4. The van der Waals surface area contributed by atoms with Gasteiger partial charge in [0, 0.05) is 36.3 Å². The molecule has 0 radical (unpaired) electrons. The Morgan fingerprint density at radius 1 is 0.963 bits per heavy atom. The minimum absolute atomic E-state index is 0.0411. The molecule has 0 aliphatic heterocycles. The van der Waals surface area contributed by atoms with Gasteiger partial charge in [0.15, 0.2) is 6.61 Å². The summed E-state index contributed by atoms with van der Waals surface area (Å²) in [5.41, 5.74) is 0.793. The highest BCUT2D eigenvalue weighted by molar-refractivity contribution is 5.88. The van der Waals surface area contributed by atoms with Crippen LogP contribution in [0.1, 0.15) is 0 Å². The molecule has 0 heterocycles. The SMILES string of the molecule is O=C(COc1cccc2ccccc12)NCCNc1ccc([N+](=O)[O-])cc1. The van der Waals surface area contributed by atoms with Crippen LogP contribution in [0.5, 0.6) is 5.75 Å². The second kappa shape index (κ2) is 8.66. The van der Waals surface area contributed by atoms with Crippen LogP contribution in [0.2, 0.25) is 0 Å². The van der Waals surface area contributed by atoms with Crippen molar-refractivity contribution in [2.24, 2.45) is 0 Å². The van der Waals surface area contributed by atoms with Crippen LogP contribution in [-0.2, 0) is 4.79 Å². The van der Waals surface area contributed by atoms with Gasteiger partial charge in [0.1, 0.15) is 5.75 Å². The van der Waals surface area contributed by atoms with Gasteiger partial charge in [-0.3, -0.25) is 14.9 Å². The van der Waals surface area contributed by atoms with E-state index in [-0.39, 0.29) is 18.2 Å². The number of hydrogen-bond acceptors (Lipinski definition) is 5. The van der Waals surface area contributed by atoms with Gasteiger partial charge >= 0.3 is 0 Å². The van der Waals surface area contributed by atoms with Crippen LogP contribution in [0.25, 0.3) is 10.8 Å². The lowest BCUT2D eigenvalue weighted by molar-refractivity contribution is -0.384. The van der Waals surface area contributed by atoms with Crippen LogP contribution in [0.3, 0.4) is 0 Å². The number of anilines is 1. The van der Waals surface area contributed by atoms with Gasteiger partial charge in [0.2, 0.25) is 0 Å². The zero-order valence-corrected chi connectivity index (χ0v) is 14.6. The molecule has 7 nitrogen and oxygen atoms in total. The average molecular weight is 365 g/mol. The highest BCUT2D eigenvalue weighted by atomic mass is 16.6. The third-order valence-electron chi connectivity index (χ3n) is 3.96. The van der Waals surface area contributed by atoms with Crippen molar-refractivity contribution < 1.29 is 14.5 Å². The van der Waals surface area contributed by atoms with E-state index in [4.69, 9.17) is 4.74 Å². The predicted octanol–water partition coefficient (Wildman–Crippen LogP) is 3.36. The number of fused-ring (bicyclic) bond motifs is 1.